The summed E-state index contributed by atoms with van der Waals surface area (Å²) in [6.07, 6.45) is -5.28. The summed E-state index contributed by atoms with van der Waals surface area (Å²) >= 11 is 12.9. The summed E-state index contributed by atoms with van der Waals surface area (Å²) in [6, 6.07) is 22.7. The minimum absolute atomic E-state index is 0.0107. The molecule has 0 aliphatic carbocycles. The van der Waals surface area contributed by atoms with Crippen molar-refractivity contribution < 1.29 is 32.5 Å². The average molecular weight is 699 g/mol. The highest BCUT2D eigenvalue weighted by molar-refractivity contribution is 6.35. The molecule has 0 unspecified atom stereocenters. The zero-order valence-corrected chi connectivity index (χ0v) is 26.6. The first-order valence-electron chi connectivity index (χ1n) is 14.7. The number of nitrogens with zero attached hydrogens (tertiary/aromatic N) is 4. The number of carbonyl (C=O) groups excluding carboxylic acids is 1. The first-order chi connectivity index (χ1) is 23.0. The van der Waals surface area contributed by atoms with Crippen molar-refractivity contribution >= 4 is 40.7 Å². The summed E-state index contributed by atoms with van der Waals surface area (Å²) in [4.78, 5) is 22.3. The molecule has 14 heteroatoms. The lowest BCUT2D eigenvalue weighted by atomic mass is 9.81. The number of hydrogen-bond donors (Lipinski definition) is 2. The monoisotopic (exact) mass is 697 g/mol. The van der Waals surface area contributed by atoms with E-state index in [2.05, 4.69) is 15.3 Å². The third-order valence-electron chi connectivity index (χ3n) is 7.61. The fourth-order valence-corrected chi connectivity index (χ4v) is 5.72. The molecule has 0 fully saturated rings. The lowest BCUT2D eigenvalue weighted by Crippen LogP contribution is -2.49. The van der Waals surface area contributed by atoms with Crippen molar-refractivity contribution in [3.05, 3.63) is 139 Å². The van der Waals surface area contributed by atoms with Gasteiger partial charge in [-0.15, -0.1) is 0 Å². The Balaban J connectivity index is 1.59. The van der Waals surface area contributed by atoms with E-state index in [-0.39, 0.29) is 36.2 Å². The van der Waals surface area contributed by atoms with Gasteiger partial charge in [0.15, 0.2) is 11.6 Å². The van der Waals surface area contributed by atoms with Crippen molar-refractivity contribution in [3.8, 4) is 5.75 Å². The highest BCUT2D eigenvalue weighted by Gasteiger charge is 2.54. The maximum atomic E-state index is 14.5. The summed E-state index contributed by atoms with van der Waals surface area (Å²) in [7, 11) is 0. The van der Waals surface area contributed by atoms with Gasteiger partial charge in [0.1, 0.15) is 5.75 Å². The van der Waals surface area contributed by atoms with Crippen molar-refractivity contribution in [3.63, 3.8) is 0 Å². The Morgan fingerprint density at radius 1 is 1.06 bits per heavy atom. The first kappa shape index (κ1) is 34.6. The maximum absolute atomic E-state index is 14.5. The van der Waals surface area contributed by atoms with Crippen molar-refractivity contribution in [1.29, 1.82) is 0 Å². The number of aliphatic hydroxyl groups excluding tert-OH is 1. The van der Waals surface area contributed by atoms with Gasteiger partial charge in [0.2, 0.25) is 5.90 Å². The third-order valence-corrected chi connectivity index (χ3v) is 8.18. The Bertz CT molecular complexity index is 1850. The van der Waals surface area contributed by atoms with Gasteiger partial charge in [0, 0.05) is 57.8 Å². The van der Waals surface area contributed by atoms with E-state index in [0.717, 1.165) is 12.1 Å². The number of aliphatic imine (C=N–C) groups is 1. The van der Waals surface area contributed by atoms with E-state index in [1.165, 1.54) is 18.2 Å². The lowest BCUT2D eigenvalue weighted by molar-refractivity contribution is -0.137. The summed E-state index contributed by atoms with van der Waals surface area (Å²) in [6.45, 7) is 0.183. The number of alkyl halides is 3. The Morgan fingerprint density at radius 3 is 2.46 bits per heavy atom. The van der Waals surface area contributed by atoms with Crippen LogP contribution in [0.25, 0.3) is 10.4 Å². The predicted octanol–water partition coefficient (Wildman–Crippen LogP) is 8.53. The minimum Gasteiger partial charge on any atom is -0.494 e. The summed E-state index contributed by atoms with van der Waals surface area (Å²) < 4.78 is 51.6. The molecule has 1 amide bonds. The highest BCUT2D eigenvalue weighted by Crippen LogP contribution is 2.46. The van der Waals surface area contributed by atoms with Gasteiger partial charge in [-0.2, -0.15) is 13.2 Å². The number of amides is 1. The fraction of sp³-hybridized carbons (Fsp3) is 0.235. The van der Waals surface area contributed by atoms with Crippen LogP contribution in [0, 0.1) is 0 Å². The molecule has 2 atom stereocenters. The molecule has 1 heterocycles. The number of azide groups is 1. The van der Waals surface area contributed by atoms with Gasteiger partial charge in [-0.05, 0) is 65.2 Å². The first-order valence-corrected chi connectivity index (χ1v) is 15.4. The maximum Gasteiger partial charge on any atom is 0.416 e. The summed E-state index contributed by atoms with van der Waals surface area (Å²) in [5, 5.41) is 16.2. The molecule has 0 spiro atoms. The van der Waals surface area contributed by atoms with E-state index in [1.807, 2.05) is 0 Å². The summed E-state index contributed by atoms with van der Waals surface area (Å²) in [5.74, 6) is 0.0407. The van der Waals surface area contributed by atoms with Crippen LogP contribution >= 0.6 is 23.2 Å². The molecule has 48 heavy (non-hydrogen) atoms. The van der Waals surface area contributed by atoms with Crippen molar-refractivity contribution in [2.45, 2.75) is 37.2 Å². The molecule has 248 valence electrons. The molecule has 1 aliphatic rings. The number of nitrogens with one attached hydrogen (secondary N) is 1. The van der Waals surface area contributed by atoms with Gasteiger partial charge in [0.25, 0.3) is 5.91 Å². The van der Waals surface area contributed by atoms with Crippen LogP contribution in [0.3, 0.4) is 0 Å². The number of carbonyl (C=O) groups is 1. The fourth-order valence-electron chi connectivity index (χ4n) is 5.22. The van der Waals surface area contributed by atoms with Crippen molar-refractivity contribution in [2.24, 2.45) is 10.1 Å². The van der Waals surface area contributed by atoms with Gasteiger partial charge in [0.05, 0.1) is 12.2 Å². The van der Waals surface area contributed by atoms with E-state index < -0.39 is 29.3 Å². The van der Waals surface area contributed by atoms with Crippen LogP contribution < -0.4 is 10.1 Å². The van der Waals surface area contributed by atoms with Crippen LogP contribution in [-0.4, -0.2) is 35.7 Å². The number of hydrogen-bond acceptors (Lipinski definition) is 6. The second-order valence-electron chi connectivity index (χ2n) is 10.8. The van der Waals surface area contributed by atoms with E-state index in [4.69, 9.17) is 42.8 Å². The SMILES string of the molecule is [N-]=[N+]=Nc1ccccc1C[C@@]1(C(=O)NCc2ccc(C(F)(F)F)cc2)N=C(c2ccc(OCCCO)cc2)O[C@@H]1c1ccc(Cl)cc1Cl. The minimum atomic E-state index is -4.51. The van der Waals surface area contributed by atoms with Crippen LogP contribution in [0.2, 0.25) is 10.0 Å². The smallest absolute Gasteiger partial charge is 0.416 e. The number of rotatable bonds is 12. The van der Waals surface area contributed by atoms with Crippen LogP contribution in [0.1, 0.15) is 40.3 Å². The Hall–Kier alpha value is -4.74. The van der Waals surface area contributed by atoms with Crippen LogP contribution in [-0.2, 0) is 28.7 Å². The van der Waals surface area contributed by atoms with E-state index in [1.54, 1.807) is 60.7 Å². The number of ether oxygens (including phenoxy) is 2. The predicted molar refractivity (Wildman–Crippen MR) is 175 cm³/mol. The van der Waals surface area contributed by atoms with Gasteiger partial charge in [-0.1, -0.05) is 70.8 Å². The molecule has 9 nitrogen and oxygen atoms in total. The molecule has 0 aromatic heterocycles. The van der Waals surface area contributed by atoms with Crippen LogP contribution in [0.5, 0.6) is 5.75 Å². The second-order valence-corrected chi connectivity index (χ2v) is 11.7. The normalized spacial score (nSPS) is 17.2. The zero-order valence-electron chi connectivity index (χ0n) is 25.1. The molecule has 2 N–H and O–H groups in total. The molecular formula is C34H28Cl2F3N5O4. The van der Waals surface area contributed by atoms with Crippen LogP contribution in [0.4, 0.5) is 18.9 Å². The molecule has 0 saturated carbocycles. The topological polar surface area (TPSA) is 129 Å². The lowest BCUT2D eigenvalue weighted by Gasteiger charge is -2.31. The van der Waals surface area contributed by atoms with E-state index in [9.17, 15) is 23.5 Å². The average Bonchev–Trinajstić information content (AvgIpc) is 3.45. The van der Waals surface area contributed by atoms with Gasteiger partial charge in [-0.25, -0.2) is 4.99 Å². The Morgan fingerprint density at radius 2 is 1.79 bits per heavy atom. The molecular weight excluding hydrogens is 670 g/mol. The molecule has 5 rings (SSSR count). The molecule has 4 aromatic rings. The van der Waals surface area contributed by atoms with Crippen LogP contribution in [0.15, 0.2) is 101 Å². The largest absolute Gasteiger partial charge is 0.494 e. The number of benzene rings is 4. The highest BCUT2D eigenvalue weighted by atomic mass is 35.5. The second kappa shape index (κ2) is 15.0. The Labute approximate surface area is 283 Å². The van der Waals surface area contributed by atoms with Crippen molar-refractivity contribution in [2.75, 3.05) is 13.2 Å². The zero-order chi connectivity index (χ0) is 34.3. The summed E-state index contributed by atoms with van der Waals surface area (Å²) in [5.41, 5.74) is 8.75. The van der Waals surface area contributed by atoms with E-state index in [0.29, 0.717) is 46.1 Å². The van der Waals surface area contributed by atoms with E-state index >= 15 is 0 Å². The number of aliphatic hydroxyl groups is 1. The van der Waals surface area contributed by atoms with Crippen molar-refractivity contribution in [1.82, 2.24) is 5.32 Å². The number of halogens is 5. The van der Waals surface area contributed by atoms with Gasteiger partial charge < -0.3 is 19.9 Å². The molecule has 1 aliphatic heterocycles. The quantitative estimate of drug-likeness (QED) is 0.0665. The molecule has 0 radical (unpaired) electrons. The molecule has 0 saturated heterocycles. The Kier molecular flexibility index (Phi) is 10.8. The molecule has 4 aromatic carbocycles. The van der Waals surface area contributed by atoms with Gasteiger partial charge in [-0.3, -0.25) is 4.79 Å². The molecule has 0 bridgehead atoms. The van der Waals surface area contributed by atoms with Gasteiger partial charge >= 0.3 is 6.18 Å². The standard InChI is InChI=1S/C34H28Cl2F3N5O4/c35-25-12-15-27(28(36)18-25)30-33(19-23-4-1-2-5-29(23)43-44-40,32(46)41-20-21-6-10-24(11-7-21)34(37,38)39)42-31(48-30)22-8-13-26(14-9-22)47-17-3-16-45/h1-2,4-15,18,30,45H,3,16-17,19-20H2,(H,41,46)/t30-,33-/m1/s1. The third kappa shape index (κ3) is 7.86.